The highest BCUT2D eigenvalue weighted by atomic mass is 16.2. The van der Waals surface area contributed by atoms with Gasteiger partial charge in [-0.15, -0.1) is 0 Å². The van der Waals surface area contributed by atoms with Crippen LogP contribution in [0.2, 0.25) is 0 Å². The Hall–Kier alpha value is -1.85. The van der Waals surface area contributed by atoms with E-state index in [1.807, 2.05) is 0 Å². The fourth-order valence-corrected chi connectivity index (χ4v) is 2.09. The molecule has 2 heterocycles. The Bertz CT molecular complexity index is 473. The van der Waals surface area contributed by atoms with Gasteiger partial charge in [0.15, 0.2) is 0 Å². The third kappa shape index (κ3) is 1.22. The molecule has 0 bridgehead atoms. The predicted molar refractivity (Wildman–Crippen MR) is 58.0 cm³/mol. The molecular weight excluding hydrogens is 206 g/mol. The molecule has 1 aliphatic heterocycles. The van der Waals surface area contributed by atoms with Crippen molar-refractivity contribution in [3.63, 3.8) is 0 Å². The van der Waals surface area contributed by atoms with E-state index in [1.54, 1.807) is 24.5 Å². The molecule has 16 heavy (non-hydrogen) atoms. The normalized spacial score (nSPS) is 25.1. The lowest BCUT2D eigenvalue weighted by Gasteiger charge is -2.20. The van der Waals surface area contributed by atoms with E-state index >= 15 is 0 Å². The van der Waals surface area contributed by atoms with Gasteiger partial charge in [0.1, 0.15) is 11.9 Å². The third-order valence-electron chi connectivity index (χ3n) is 3.11. The Morgan fingerprint density at radius 1 is 1.50 bits per heavy atom. The van der Waals surface area contributed by atoms with Gasteiger partial charge in [-0.2, -0.15) is 4.99 Å². The zero-order valence-electron chi connectivity index (χ0n) is 9.00. The van der Waals surface area contributed by atoms with Crippen LogP contribution in [0, 0.1) is 0 Å². The molecule has 6 heteroatoms. The molecule has 1 fully saturated rings. The van der Waals surface area contributed by atoms with Crippen LogP contribution in [0.25, 0.3) is 0 Å². The Balaban J connectivity index is 2.00. The average molecular weight is 219 g/mol. The van der Waals surface area contributed by atoms with Crippen LogP contribution in [0.4, 0.5) is 4.79 Å². The second kappa shape index (κ2) is 3.07. The predicted octanol–water partition coefficient (Wildman–Crippen LogP) is 0.682. The van der Waals surface area contributed by atoms with Crippen LogP contribution in [-0.2, 0) is 0 Å². The summed E-state index contributed by atoms with van der Waals surface area (Å²) in [5.41, 5.74) is 6.74. The molecule has 0 radical (unpaired) electrons. The van der Waals surface area contributed by atoms with Crippen molar-refractivity contribution < 1.29 is 4.79 Å². The average Bonchev–Trinajstić information content (AvgIpc) is 2.92. The second-order valence-corrected chi connectivity index (χ2v) is 4.29. The van der Waals surface area contributed by atoms with Crippen LogP contribution in [0.15, 0.2) is 17.5 Å². The number of amidine groups is 1. The highest BCUT2D eigenvalue weighted by Crippen LogP contribution is 2.38. The number of rotatable bonds is 2. The van der Waals surface area contributed by atoms with Crippen molar-refractivity contribution in [1.29, 1.82) is 0 Å². The number of nitrogens with two attached hydrogens (primary N) is 1. The smallest absolute Gasteiger partial charge is 0.345 e. The summed E-state index contributed by atoms with van der Waals surface area (Å²) in [6.07, 6.45) is 5.91. The molecule has 6 nitrogen and oxygen atoms in total. The van der Waals surface area contributed by atoms with Crippen molar-refractivity contribution in [2.45, 2.75) is 24.9 Å². The van der Waals surface area contributed by atoms with E-state index in [0.717, 1.165) is 5.69 Å². The molecule has 2 N–H and O–H groups in total. The van der Waals surface area contributed by atoms with Crippen LogP contribution >= 0.6 is 0 Å². The molecule has 1 aromatic rings. The first-order valence-electron chi connectivity index (χ1n) is 5.31. The third-order valence-corrected chi connectivity index (χ3v) is 3.11. The van der Waals surface area contributed by atoms with E-state index in [-0.39, 0.29) is 12.1 Å². The van der Waals surface area contributed by atoms with Gasteiger partial charge >= 0.3 is 6.03 Å². The molecular formula is C10H13N5O. The van der Waals surface area contributed by atoms with Gasteiger partial charge in [0.05, 0.1) is 18.2 Å². The lowest BCUT2D eigenvalue weighted by molar-refractivity contribution is 0.217. The van der Waals surface area contributed by atoms with E-state index in [1.165, 1.54) is 12.8 Å². The zero-order valence-corrected chi connectivity index (χ0v) is 9.00. The van der Waals surface area contributed by atoms with E-state index in [0.29, 0.717) is 11.9 Å². The minimum atomic E-state index is -0.286. The SMILES string of the molecule is CN1C(=O)N=C(N)C1c1cncn1C1CC1. The number of hydrogen-bond donors (Lipinski definition) is 1. The molecule has 3 rings (SSSR count). The highest BCUT2D eigenvalue weighted by molar-refractivity contribution is 6.02. The molecule has 0 saturated heterocycles. The summed E-state index contributed by atoms with van der Waals surface area (Å²) in [4.78, 5) is 20.9. The van der Waals surface area contributed by atoms with Crippen LogP contribution in [0.1, 0.15) is 30.6 Å². The van der Waals surface area contributed by atoms with Crippen molar-refractivity contribution in [1.82, 2.24) is 14.5 Å². The number of urea groups is 1. The Morgan fingerprint density at radius 2 is 2.25 bits per heavy atom. The number of amides is 2. The maximum atomic E-state index is 11.4. The standard InChI is InChI=1S/C10H13N5O/c1-14-8(9(11)13-10(14)16)7-4-12-5-15(7)6-2-3-6/h4-6,8H,2-3H2,1H3,(H2,11,13,16). The van der Waals surface area contributed by atoms with Crippen LogP contribution in [-0.4, -0.2) is 33.4 Å². The molecule has 0 aromatic carbocycles. The summed E-state index contributed by atoms with van der Waals surface area (Å²) in [6, 6.07) is -0.0175. The van der Waals surface area contributed by atoms with Gasteiger partial charge in [-0.25, -0.2) is 9.78 Å². The van der Waals surface area contributed by atoms with Gasteiger partial charge in [0, 0.05) is 13.1 Å². The van der Waals surface area contributed by atoms with E-state index < -0.39 is 0 Å². The lowest BCUT2D eigenvalue weighted by Crippen LogP contribution is -2.31. The summed E-state index contributed by atoms with van der Waals surface area (Å²) in [5, 5.41) is 0. The maximum Gasteiger partial charge on any atom is 0.345 e. The molecule has 2 aliphatic rings. The molecule has 1 atom stereocenters. The number of likely N-dealkylation sites (N-methyl/N-ethyl adjacent to an activating group) is 1. The summed E-state index contributed by atoms with van der Waals surface area (Å²) in [6.45, 7) is 0. The van der Waals surface area contributed by atoms with Crippen molar-refractivity contribution in [2.24, 2.45) is 10.7 Å². The first-order valence-corrected chi connectivity index (χ1v) is 5.31. The molecule has 2 amide bonds. The van der Waals surface area contributed by atoms with Gasteiger partial charge in [-0.05, 0) is 12.8 Å². The Labute approximate surface area is 92.8 Å². The number of hydrogen-bond acceptors (Lipinski definition) is 3. The van der Waals surface area contributed by atoms with Crippen LogP contribution in [0.5, 0.6) is 0 Å². The molecule has 1 aliphatic carbocycles. The largest absolute Gasteiger partial charge is 0.385 e. The van der Waals surface area contributed by atoms with Gasteiger partial charge in [-0.1, -0.05) is 0 Å². The van der Waals surface area contributed by atoms with E-state index in [9.17, 15) is 4.79 Å². The molecule has 1 aromatic heterocycles. The summed E-state index contributed by atoms with van der Waals surface area (Å²) in [7, 11) is 1.71. The summed E-state index contributed by atoms with van der Waals surface area (Å²) in [5.74, 6) is 0.356. The first kappa shape index (κ1) is 9.38. The van der Waals surface area contributed by atoms with Gasteiger partial charge < -0.3 is 15.2 Å². The van der Waals surface area contributed by atoms with Crippen LogP contribution < -0.4 is 5.73 Å². The topological polar surface area (TPSA) is 76.5 Å². The van der Waals surface area contributed by atoms with Crippen LogP contribution in [0.3, 0.4) is 0 Å². The van der Waals surface area contributed by atoms with Gasteiger partial charge in [0.2, 0.25) is 0 Å². The minimum absolute atomic E-state index is 0.254. The zero-order chi connectivity index (χ0) is 11.3. The molecule has 1 saturated carbocycles. The van der Waals surface area contributed by atoms with Crippen molar-refractivity contribution in [3.05, 3.63) is 18.2 Å². The minimum Gasteiger partial charge on any atom is -0.385 e. The highest BCUT2D eigenvalue weighted by Gasteiger charge is 2.36. The van der Waals surface area contributed by atoms with Crippen molar-refractivity contribution in [3.8, 4) is 0 Å². The van der Waals surface area contributed by atoms with Gasteiger partial charge in [0.25, 0.3) is 0 Å². The number of imidazole rings is 1. The fourth-order valence-electron chi connectivity index (χ4n) is 2.09. The maximum absolute atomic E-state index is 11.4. The molecule has 0 spiro atoms. The van der Waals surface area contributed by atoms with Gasteiger partial charge in [-0.3, -0.25) is 0 Å². The fraction of sp³-hybridized carbons (Fsp3) is 0.500. The Kier molecular flexibility index (Phi) is 1.80. The van der Waals surface area contributed by atoms with E-state index in [4.69, 9.17) is 5.73 Å². The summed E-state index contributed by atoms with van der Waals surface area (Å²) < 4.78 is 2.10. The number of nitrogens with zero attached hydrogens (tertiary/aromatic N) is 4. The first-order chi connectivity index (χ1) is 7.68. The van der Waals surface area contributed by atoms with Crippen molar-refractivity contribution in [2.75, 3.05) is 7.05 Å². The lowest BCUT2D eigenvalue weighted by atomic mass is 10.2. The quantitative estimate of drug-likeness (QED) is 0.794. The Morgan fingerprint density at radius 3 is 2.81 bits per heavy atom. The number of carbonyl (C=O) groups excluding carboxylic acids is 1. The monoisotopic (exact) mass is 219 g/mol. The van der Waals surface area contributed by atoms with E-state index in [2.05, 4.69) is 14.5 Å². The second-order valence-electron chi connectivity index (χ2n) is 4.29. The molecule has 84 valence electrons. The number of aliphatic imine (C=N–C) groups is 1. The molecule has 1 unspecified atom stereocenters. The number of aromatic nitrogens is 2. The summed E-state index contributed by atoms with van der Waals surface area (Å²) >= 11 is 0. The van der Waals surface area contributed by atoms with Crippen molar-refractivity contribution >= 4 is 11.9 Å². The number of carbonyl (C=O) groups is 1.